The highest BCUT2D eigenvalue weighted by Crippen LogP contribution is 2.56. The maximum Gasteiger partial charge on any atom is 0.176 e. The fourth-order valence-electron chi connectivity index (χ4n) is 4.98. The first kappa shape index (κ1) is 31.9. The molecule has 3 rings (SSSR count). The van der Waals surface area contributed by atoms with E-state index in [1.54, 1.807) is 0 Å². The van der Waals surface area contributed by atoms with Crippen LogP contribution in [0.5, 0.6) is 0 Å². The van der Waals surface area contributed by atoms with Crippen LogP contribution in [-0.4, -0.2) is 65.9 Å². The van der Waals surface area contributed by atoms with Crippen LogP contribution in [0.25, 0.3) is 0 Å². The molecule has 3 aliphatic carbocycles. The average Bonchev–Trinajstić information content (AvgIpc) is 3.78. The van der Waals surface area contributed by atoms with Crippen molar-refractivity contribution < 1.29 is 24.1 Å². The minimum Gasteiger partial charge on any atom is -0.476 e. The van der Waals surface area contributed by atoms with Crippen LogP contribution in [-0.2, 0) is 9.47 Å². The monoisotopic (exact) mass is 569 g/mol. The zero-order valence-electron chi connectivity index (χ0n) is 23.6. The normalized spacial score (nSPS) is 26.5. The van der Waals surface area contributed by atoms with E-state index in [1.165, 1.54) is 12.7 Å². The number of nitrogens with zero attached hydrogens (tertiary/aromatic N) is 2. The van der Waals surface area contributed by atoms with Gasteiger partial charge in [0.25, 0.3) is 0 Å². The number of alkyl halides is 1. The first-order valence-corrected chi connectivity index (χ1v) is 14.8. The Morgan fingerprint density at radius 2 is 2.05 bits per heavy atom. The number of halogens is 1. The predicted octanol–water partition coefficient (Wildman–Crippen LogP) is 3.96. The second-order valence-corrected chi connectivity index (χ2v) is 12.1. The van der Waals surface area contributed by atoms with Crippen LogP contribution in [0.2, 0.25) is 0 Å². The highest BCUT2D eigenvalue weighted by Gasteiger charge is 2.52. The number of nitrogens with one attached hydrogen (secondary N) is 3. The molecule has 11 heteroatoms. The number of hydrogen-bond acceptors (Lipinski definition) is 9. The molecular formula is C28H48FN5O4S. The van der Waals surface area contributed by atoms with E-state index in [0.29, 0.717) is 44.8 Å². The van der Waals surface area contributed by atoms with E-state index in [0.717, 1.165) is 37.8 Å². The number of rotatable bonds is 19. The number of allylic oxidation sites excluding steroid dienone is 2. The minimum absolute atomic E-state index is 0.0265. The van der Waals surface area contributed by atoms with Gasteiger partial charge in [-0.15, -0.1) is 12.6 Å². The highest BCUT2D eigenvalue weighted by molar-refractivity contribution is 7.80. The average molecular weight is 570 g/mol. The van der Waals surface area contributed by atoms with Crippen LogP contribution in [0, 0.1) is 17.3 Å². The van der Waals surface area contributed by atoms with Crippen LogP contribution in [0.1, 0.15) is 78.6 Å². The summed E-state index contributed by atoms with van der Waals surface area (Å²) in [6, 6.07) is 0. The lowest BCUT2D eigenvalue weighted by Crippen LogP contribution is -2.43. The fourth-order valence-corrected chi connectivity index (χ4v) is 5.30. The van der Waals surface area contributed by atoms with Crippen LogP contribution in [0.15, 0.2) is 34.0 Å². The van der Waals surface area contributed by atoms with E-state index < -0.39 is 23.7 Å². The second-order valence-electron chi connectivity index (χ2n) is 11.6. The van der Waals surface area contributed by atoms with E-state index in [9.17, 15) is 14.6 Å². The van der Waals surface area contributed by atoms with Gasteiger partial charge in [-0.2, -0.15) is 5.10 Å². The van der Waals surface area contributed by atoms with Crippen LogP contribution in [0.4, 0.5) is 4.39 Å². The molecule has 0 aromatic heterocycles. The van der Waals surface area contributed by atoms with Gasteiger partial charge in [0.15, 0.2) is 12.7 Å². The minimum atomic E-state index is -0.922. The number of ether oxygens (including phenoxy) is 2. The van der Waals surface area contributed by atoms with Gasteiger partial charge in [-0.05, 0) is 81.8 Å². The first-order chi connectivity index (χ1) is 18.6. The van der Waals surface area contributed by atoms with Gasteiger partial charge in [0.2, 0.25) is 0 Å². The van der Waals surface area contributed by atoms with Crippen molar-refractivity contribution in [2.24, 2.45) is 27.3 Å². The summed E-state index contributed by atoms with van der Waals surface area (Å²) in [6.07, 6.45) is 13.8. The van der Waals surface area contributed by atoms with Crippen LogP contribution >= 0.6 is 12.6 Å². The molecule has 9 nitrogen and oxygen atoms in total. The number of aliphatic hydroxyl groups excluding tert-OH is 2. The number of unbranched alkanes of at least 4 members (excludes halogenated alkanes) is 1. The summed E-state index contributed by atoms with van der Waals surface area (Å²) in [5.74, 6) is 0.372. The smallest absolute Gasteiger partial charge is 0.176 e. The van der Waals surface area contributed by atoms with E-state index >= 15 is 0 Å². The van der Waals surface area contributed by atoms with Crippen molar-refractivity contribution in [1.29, 1.82) is 0 Å². The number of aliphatic hydroxyl groups is 2. The Kier molecular flexibility index (Phi) is 12.6. The van der Waals surface area contributed by atoms with Crippen molar-refractivity contribution in [3.63, 3.8) is 0 Å². The van der Waals surface area contributed by atoms with Gasteiger partial charge in [-0.1, -0.05) is 26.3 Å². The third-order valence-corrected chi connectivity index (χ3v) is 8.03. The van der Waals surface area contributed by atoms with Gasteiger partial charge in [0, 0.05) is 24.8 Å². The fraction of sp³-hybridized carbons (Fsp3) is 0.786. The molecule has 3 aliphatic rings. The summed E-state index contributed by atoms with van der Waals surface area (Å²) >= 11 is 4.48. The summed E-state index contributed by atoms with van der Waals surface area (Å²) in [5, 5.41) is 30.9. The molecule has 0 bridgehead atoms. The molecule has 5 N–H and O–H groups in total. The van der Waals surface area contributed by atoms with Gasteiger partial charge in [0.05, 0.1) is 0 Å². The van der Waals surface area contributed by atoms with Gasteiger partial charge < -0.3 is 30.4 Å². The Morgan fingerprint density at radius 3 is 2.74 bits per heavy atom. The third kappa shape index (κ3) is 11.8. The van der Waals surface area contributed by atoms with Gasteiger partial charge in [0.1, 0.15) is 29.8 Å². The molecule has 0 saturated heterocycles. The molecular weight excluding hydrogens is 521 g/mol. The Morgan fingerprint density at radius 1 is 1.28 bits per heavy atom. The molecule has 0 spiro atoms. The summed E-state index contributed by atoms with van der Waals surface area (Å²) < 4.78 is 24.8. The Bertz CT molecular complexity index is 867. The standard InChI is InChI=1S/C28H48FN5O4S/c1-4-37-25(36)22(23-16-27(23,2)3)17-31-32-18-30-19-38-21-9-7-8-20(11-12-21)33-26(39)34-24(35)10-5-6-13-28(29)14-15-28/h8,11-12,18-19,21-26,31,33-36,39H,4-7,9-10,13-17H2,1-3H3/b30-19?,32-18-/t21?,22-,23+,24?,25?,26?/m0/s1. The van der Waals surface area contributed by atoms with E-state index in [-0.39, 0.29) is 17.4 Å². The molecule has 0 amide bonds. The largest absolute Gasteiger partial charge is 0.476 e. The predicted molar refractivity (Wildman–Crippen MR) is 156 cm³/mol. The number of aliphatic imine (C=N–C) groups is 1. The molecule has 0 radical (unpaired) electrons. The SMILES string of the molecule is CCOC(O)[C@@H](CN/N=C\N=COC1C=CC(NC(S)NC(O)CCCCC2(F)CC2)=CCC1)[C@H]1CC1(C)C. The summed E-state index contributed by atoms with van der Waals surface area (Å²) in [5.41, 5.74) is 2.74. The summed E-state index contributed by atoms with van der Waals surface area (Å²) in [6.45, 7) is 7.25. The first-order valence-electron chi connectivity index (χ1n) is 14.3. The molecule has 222 valence electrons. The zero-order chi connectivity index (χ0) is 28.3. The molecule has 39 heavy (non-hydrogen) atoms. The maximum absolute atomic E-state index is 13.6. The van der Waals surface area contributed by atoms with Crippen molar-refractivity contribution in [2.45, 2.75) is 108 Å². The van der Waals surface area contributed by atoms with E-state index in [4.69, 9.17) is 9.47 Å². The van der Waals surface area contributed by atoms with Crippen LogP contribution < -0.4 is 16.1 Å². The Balaban J connectivity index is 1.29. The molecule has 6 atom stereocenters. The van der Waals surface area contributed by atoms with Gasteiger partial charge in [-0.3, -0.25) is 5.32 Å². The quantitative estimate of drug-likeness (QED) is 0.0348. The molecule has 0 aliphatic heterocycles. The molecule has 4 unspecified atom stereocenters. The van der Waals surface area contributed by atoms with E-state index in [1.807, 2.05) is 19.1 Å². The van der Waals surface area contributed by atoms with Crippen LogP contribution in [0.3, 0.4) is 0 Å². The lowest BCUT2D eigenvalue weighted by Gasteiger charge is -2.23. The van der Waals surface area contributed by atoms with Gasteiger partial charge >= 0.3 is 0 Å². The summed E-state index contributed by atoms with van der Waals surface area (Å²) in [4.78, 5) is 4.08. The Labute approximate surface area is 238 Å². The zero-order valence-corrected chi connectivity index (χ0v) is 24.5. The molecule has 0 aromatic carbocycles. The van der Waals surface area contributed by atoms with Crippen molar-refractivity contribution in [3.8, 4) is 0 Å². The maximum atomic E-state index is 13.6. The Hall–Kier alpha value is -1.66. The second kappa shape index (κ2) is 15.4. The third-order valence-electron chi connectivity index (χ3n) is 7.75. The molecule has 2 fully saturated rings. The van der Waals surface area contributed by atoms with Crippen molar-refractivity contribution in [2.75, 3.05) is 13.2 Å². The van der Waals surface area contributed by atoms with Crippen molar-refractivity contribution >= 4 is 25.4 Å². The molecule has 2 saturated carbocycles. The summed E-state index contributed by atoms with van der Waals surface area (Å²) in [7, 11) is 0. The van der Waals surface area contributed by atoms with Gasteiger partial charge in [-0.25, -0.2) is 9.38 Å². The number of thiol groups is 1. The van der Waals surface area contributed by atoms with Crippen molar-refractivity contribution in [3.05, 3.63) is 23.9 Å². The lowest BCUT2D eigenvalue weighted by atomic mass is 9.96. The molecule has 0 aromatic rings. The highest BCUT2D eigenvalue weighted by atomic mass is 32.1. The topological polar surface area (TPSA) is 120 Å². The number of hydrazone groups is 1. The lowest BCUT2D eigenvalue weighted by molar-refractivity contribution is -0.136. The van der Waals surface area contributed by atoms with E-state index in [2.05, 4.69) is 58.7 Å². The van der Waals surface area contributed by atoms with Crippen molar-refractivity contribution in [1.82, 2.24) is 16.1 Å². The number of hydrogen-bond donors (Lipinski definition) is 6. The molecule has 0 heterocycles.